The van der Waals surface area contributed by atoms with Crippen molar-refractivity contribution in [1.29, 1.82) is 0 Å². The smallest absolute Gasteiger partial charge is 0.245 e. The Labute approximate surface area is 117 Å². The van der Waals surface area contributed by atoms with Crippen LogP contribution in [0.2, 0.25) is 0 Å². The summed E-state index contributed by atoms with van der Waals surface area (Å²) >= 11 is 1.74. The number of nitrogens with zero attached hydrogens (tertiary/aromatic N) is 1. The fourth-order valence-electron chi connectivity index (χ4n) is 2.11. The van der Waals surface area contributed by atoms with Crippen LogP contribution in [0.25, 0.3) is 0 Å². The van der Waals surface area contributed by atoms with Gasteiger partial charge in [0.25, 0.3) is 0 Å². The van der Waals surface area contributed by atoms with E-state index >= 15 is 0 Å². The SMILES string of the molecule is CC1SCCN(S(=O)(=O)c2cccc(F)c2N)C1C. The first-order valence-corrected chi connectivity index (χ1v) is 8.52. The maximum Gasteiger partial charge on any atom is 0.245 e. The Hall–Kier alpha value is -0.790. The summed E-state index contributed by atoms with van der Waals surface area (Å²) < 4.78 is 40.0. The number of nitrogen functional groups attached to an aromatic ring is 1. The molecule has 0 aromatic heterocycles. The molecule has 0 saturated carbocycles. The van der Waals surface area contributed by atoms with Gasteiger partial charge in [-0.1, -0.05) is 13.0 Å². The maximum absolute atomic E-state index is 13.4. The van der Waals surface area contributed by atoms with Crippen LogP contribution >= 0.6 is 11.8 Å². The summed E-state index contributed by atoms with van der Waals surface area (Å²) in [6, 6.07) is 3.75. The monoisotopic (exact) mass is 304 g/mol. The summed E-state index contributed by atoms with van der Waals surface area (Å²) in [6.45, 7) is 4.28. The van der Waals surface area contributed by atoms with Gasteiger partial charge in [-0.25, -0.2) is 12.8 Å². The lowest BCUT2D eigenvalue weighted by Gasteiger charge is -2.36. The summed E-state index contributed by atoms with van der Waals surface area (Å²) in [7, 11) is -3.74. The highest BCUT2D eigenvalue weighted by molar-refractivity contribution is 8.00. The average Bonchev–Trinajstić information content (AvgIpc) is 2.35. The highest BCUT2D eigenvalue weighted by Crippen LogP contribution is 2.31. The Morgan fingerprint density at radius 1 is 1.42 bits per heavy atom. The molecule has 0 aliphatic carbocycles. The van der Waals surface area contributed by atoms with Gasteiger partial charge in [-0.2, -0.15) is 16.1 Å². The van der Waals surface area contributed by atoms with Crippen molar-refractivity contribution in [3.63, 3.8) is 0 Å². The first-order valence-electron chi connectivity index (χ1n) is 6.03. The lowest BCUT2D eigenvalue weighted by Crippen LogP contribution is -2.47. The number of thioether (sulfide) groups is 1. The quantitative estimate of drug-likeness (QED) is 0.848. The van der Waals surface area contributed by atoms with Gasteiger partial charge in [0, 0.05) is 23.6 Å². The zero-order valence-electron chi connectivity index (χ0n) is 10.8. The molecule has 0 bridgehead atoms. The van der Waals surface area contributed by atoms with E-state index < -0.39 is 15.8 Å². The van der Waals surface area contributed by atoms with Gasteiger partial charge >= 0.3 is 0 Å². The molecule has 1 heterocycles. The van der Waals surface area contributed by atoms with Gasteiger partial charge < -0.3 is 5.73 Å². The van der Waals surface area contributed by atoms with Gasteiger partial charge in [0.15, 0.2) is 0 Å². The molecule has 0 radical (unpaired) electrons. The second kappa shape index (κ2) is 5.30. The van der Waals surface area contributed by atoms with Gasteiger partial charge in [0.05, 0.1) is 5.69 Å². The number of rotatable bonds is 2. The number of hydrogen-bond acceptors (Lipinski definition) is 4. The van der Waals surface area contributed by atoms with E-state index in [1.165, 1.54) is 16.4 Å². The van der Waals surface area contributed by atoms with Crippen molar-refractivity contribution in [2.45, 2.75) is 30.0 Å². The van der Waals surface area contributed by atoms with Gasteiger partial charge in [0.2, 0.25) is 10.0 Å². The number of sulfonamides is 1. The summed E-state index contributed by atoms with van der Waals surface area (Å²) in [5, 5.41) is 0.207. The van der Waals surface area contributed by atoms with Crippen LogP contribution in [0.15, 0.2) is 23.1 Å². The highest BCUT2D eigenvalue weighted by atomic mass is 32.2. The molecule has 4 nitrogen and oxygen atoms in total. The number of nitrogens with two attached hydrogens (primary N) is 1. The molecular weight excluding hydrogens is 287 g/mol. The Morgan fingerprint density at radius 2 is 2.11 bits per heavy atom. The second-order valence-electron chi connectivity index (χ2n) is 4.58. The zero-order chi connectivity index (χ0) is 14.2. The van der Waals surface area contributed by atoms with Crippen molar-refractivity contribution in [2.75, 3.05) is 18.0 Å². The fourth-order valence-corrected chi connectivity index (χ4v) is 5.24. The van der Waals surface area contributed by atoms with E-state index in [4.69, 9.17) is 5.73 Å². The predicted octanol–water partition coefficient (Wildman–Crippen LogP) is 1.92. The number of anilines is 1. The summed E-state index contributed by atoms with van der Waals surface area (Å²) in [5.74, 6) is 0.0353. The molecule has 2 rings (SSSR count). The standard InChI is InChI=1S/C12H17FN2O2S2/c1-8-9(2)18-7-6-15(8)19(16,17)11-5-3-4-10(13)12(11)14/h3-5,8-9H,6-7,14H2,1-2H3. The molecule has 1 saturated heterocycles. The highest BCUT2D eigenvalue weighted by Gasteiger charge is 2.36. The number of hydrogen-bond donors (Lipinski definition) is 1. The molecule has 1 aromatic carbocycles. The fraction of sp³-hybridized carbons (Fsp3) is 0.500. The Morgan fingerprint density at radius 3 is 2.79 bits per heavy atom. The molecule has 1 aromatic rings. The van der Waals surface area contributed by atoms with E-state index in [1.54, 1.807) is 11.8 Å². The van der Waals surface area contributed by atoms with Crippen molar-refractivity contribution in [3.8, 4) is 0 Å². The van der Waals surface area contributed by atoms with Crippen LogP contribution in [0.5, 0.6) is 0 Å². The van der Waals surface area contributed by atoms with Crippen LogP contribution < -0.4 is 5.73 Å². The normalized spacial score (nSPS) is 25.4. The van der Waals surface area contributed by atoms with Gasteiger partial charge in [0.1, 0.15) is 10.7 Å². The zero-order valence-corrected chi connectivity index (χ0v) is 12.5. The van der Waals surface area contributed by atoms with E-state index in [9.17, 15) is 12.8 Å². The summed E-state index contributed by atoms with van der Waals surface area (Å²) in [4.78, 5) is -0.140. The molecule has 2 N–H and O–H groups in total. The number of halogens is 1. The van der Waals surface area contributed by atoms with E-state index in [-0.39, 0.29) is 21.9 Å². The molecule has 1 aliphatic rings. The molecule has 19 heavy (non-hydrogen) atoms. The summed E-state index contributed by atoms with van der Waals surface area (Å²) in [6.07, 6.45) is 0. The van der Waals surface area contributed by atoms with E-state index in [0.29, 0.717) is 6.54 Å². The van der Waals surface area contributed by atoms with Crippen molar-refractivity contribution in [3.05, 3.63) is 24.0 Å². The number of para-hydroxylation sites is 1. The Bertz CT molecular complexity index is 577. The largest absolute Gasteiger partial charge is 0.395 e. The predicted molar refractivity (Wildman–Crippen MR) is 76.1 cm³/mol. The van der Waals surface area contributed by atoms with Crippen molar-refractivity contribution < 1.29 is 12.8 Å². The van der Waals surface area contributed by atoms with Crippen molar-refractivity contribution in [1.82, 2.24) is 4.31 Å². The maximum atomic E-state index is 13.4. The molecule has 2 atom stereocenters. The van der Waals surface area contributed by atoms with E-state index in [2.05, 4.69) is 0 Å². The van der Waals surface area contributed by atoms with Crippen LogP contribution in [-0.4, -0.2) is 36.3 Å². The van der Waals surface area contributed by atoms with Crippen molar-refractivity contribution >= 4 is 27.5 Å². The second-order valence-corrected chi connectivity index (χ2v) is 7.93. The molecular formula is C12H17FN2O2S2. The van der Waals surface area contributed by atoms with E-state index in [1.807, 2.05) is 13.8 Å². The Kier molecular flexibility index (Phi) is 4.08. The first kappa shape index (κ1) is 14.6. The third-order valence-corrected chi connectivity index (χ3v) is 6.81. The lowest BCUT2D eigenvalue weighted by atomic mass is 10.2. The van der Waals surface area contributed by atoms with E-state index in [0.717, 1.165) is 11.8 Å². The van der Waals surface area contributed by atoms with Crippen LogP contribution in [0.3, 0.4) is 0 Å². The van der Waals surface area contributed by atoms with Crippen LogP contribution in [-0.2, 0) is 10.0 Å². The van der Waals surface area contributed by atoms with Gasteiger partial charge in [-0.15, -0.1) is 0 Å². The van der Waals surface area contributed by atoms with Crippen molar-refractivity contribution in [2.24, 2.45) is 0 Å². The third kappa shape index (κ3) is 2.59. The van der Waals surface area contributed by atoms with Gasteiger partial charge in [-0.3, -0.25) is 0 Å². The minimum atomic E-state index is -3.74. The molecule has 0 spiro atoms. The minimum Gasteiger partial charge on any atom is -0.395 e. The molecule has 2 unspecified atom stereocenters. The molecule has 7 heteroatoms. The van der Waals surface area contributed by atoms with Gasteiger partial charge in [-0.05, 0) is 19.1 Å². The van der Waals surface area contributed by atoms with Crippen LogP contribution in [0.1, 0.15) is 13.8 Å². The first-order chi connectivity index (χ1) is 8.85. The van der Waals surface area contributed by atoms with Crippen LogP contribution in [0, 0.1) is 5.82 Å². The molecule has 106 valence electrons. The third-order valence-electron chi connectivity index (χ3n) is 3.43. The average molecular weight is 304 g/mol. The Balaban J connectivity index is 2.45. The number of benzene rings is 1. The molecule has 1 fully saturated rings. The molecule has 0 amide bonds. The summed E-state index contributed by atoms with van der Waals surface area (Å²) in [5.41, 5.74) is 5.26. The topological polar surface area (TPSA) is 63.4 Å². The van der Waals surface area contributed by atoms with Crippen LogP contribution in [0.4, 0.5) is 10.1 Å². The lowest BCUT2D eigenvalue weighted by molar-refractivity contribution is 0.340. The minimum absolute atomic E-state index is 0.133. The molecule has 1 aliphatic heterocycles.